The summed E-state index contributed by atoms with van der Waals surface area (Å²) in [5, 5.41) is 4.89. The molecule has 0 spiro atoms. The van der Waals surface area contributed by atoms with Gasteiger partial charge in [-0.15, -0.1) is 0 Å². The van der Waals surface area contributed by atoms with E-state index >= 15 is 0 Å². The zero-order valence-electron chi connectivity index (χ0n) is 14.9. The van der Waals surface area contributed by atoms with Crippen LogP contribution in [0.1, 0.15) is 0 Å². The fraction of sp³-hybridized carbons (Fsp3) is 0.0400. The van der Waals surface area contributed by atoms with Crippen molar-refractivity contribution in [3.63, 3.8) is 0 Å². The number of fused-ring (bicyclic) bond motifs is 6. The van der Waals surface area contributed by atoms with Gasteiger partial charge in [-0.2, -0.15) is 0 Å². The van der Waals surface area contributed by atoms with Crippen molar-refractivity contribution in [1.29, 1.82) is 0 Å². The van der Waals surface area contributed by atoms with Crippen molar-refractivity contribution in [2.75, 3.05) is 0 Å². The molecule has 0 unspecified atom stereocenters. The zero-order valence-corrected chi connectivity index (χ0v) is 14.9. The van der Waals surface area contributed by atoms with Crippen LogP contribution < -0.4 is 0 Å². The largest absolute Gasteiger partial charge is 0.455 e. The Balaban J connectivity index is 1.79. The lowest BCUT2D eigenvalue weighted by atomic mass is 9.99. The zero-order chi connectivity index (χ0) is 18.0. The topological polar surface area (TPSA) is 18.1 Å². The molecule has 4 aromatic carbocycles. The number of aromatic nitrogens is 1. The van der Waals surface area contributed by atoms with Gasteiger partial charge in [-0.05, 0) is 12.1 Å². The average Bonchev–Trinajstić information content (AvgIpc) is 3.24. The van der Waals surface area contributed by atoms with Crippen LogP contribution in [-0.2, 0) is 7.05 Å². The van der Waals surface area contributed by atoms with Crippen molar-refractivity contribution >= 4 is 43.7 Å². The average molecular weight is 347 g/mol. The highest BCUT2D eigenvalue weighted by Gasteiger charge is 2.16. The fourth-order valence-electron chi connectivity index (χ4n) is 4.41. The molecule has 0 saturated carbocycles. The number of hydrogen-bond donors (Lipinski definition) is 0. The second-order valence-corrected chi connectivity index (χ2v) is 7.06. The van der Waals surface area contributed by atoms with Crippen LogP contribution in [0.2, 0.25) is 0 Å². The molecule has 6 aromatic rings. The van der Waals surface area contributed by atoms with E-state index in [0.717, 1.165) is 16.7 Å². The van der Waals surface area contributed by atoms with Gasteiger partial charge in [0, 0.05) is 45.2 Å². The predicted octanol–water partition coefficient (Wildman–Crippen LogP) is 6.90. The number of furan rings is 1. The van der Waals surface area contributed by atoms with E-state index in [-0.39, 0.29) is 0 Å². The van der Waals surface area contributed by atoms with Crippen LogP contribution in [0.25, 0.3) is 54.9 Å². The lowest BCUT2D eigenvalue weighted by Gasteiger charge is -2.07. The third kappa shape index (κ3) is 1.90. The van der Waals surface area contributed by atoms with Gasteiger partial charge in [0.25, 0.3) is 0 Å². The molecule has 27 heavy (non-hydrogen) atoms. The Morgan fingerprint density at radius 3 is 2.15 bits per heavy atom. The summed E-state index contributed by atoms with van der Waals surface area (Å²) in [5.74, 6) is 0. The number of rotatable bonds is 1. The first kappa shape index (κ1) is 14.6. The van der Waals surface area contributed by atoms with Gasteiger partial charge in [0.2, 0.25) is 0 Å². The molecule has 2 nitrogen and oxygen atoms in total. The smallest absolute Gasteiger partial charge is 0.143 e. The molecule has 0 aliphatic carbocycles. The minimum atomic E-state index is 0.934. The van der Waals surface area contributed by atoms with E-state index in [9.17, 15) is 0 Å². The number of hydrogen-bond acceptors (Lipinski definition) is 1. The quantitative estimate of drug-likeness (QED) is 0.316. The Labute approximate surface area is 156 Å². The lowest BCUT2D eigenvalue weighted by Crippen LogP contribution is -1.90. The molecular formula is C25H17NO. The molecule has 0 N–H and O–H groups in total. The van der Waals surface area contributed by atoms with E-state index in [1.54, 1.807) is 0 Å². The standard InChI is InChI=1S/C25H17NO/c1-26-22-14-4-2-8-16(22)18-10-6-11-19(24(18)26)21-13-7-12-20-17-9-3-5-15-23(17)27-25(20)21/h2-15H,1H3. The number of para-hydroxylation sites is 4. The molecule has 2 heterocycles. The molecule has 0 amide bonds. The maximum Gasteiger partial charge on any atom is 0.143 e. The lowest BCUT2D eigenvalue weighted by molar-refractivity contribution is 0.670. The van der Waals surface area contributed by atoms with Gasteiger partial charge in [0.05, 0.1) is 5.52 Å². The highest BCUT2D eigenvalue weighted by Crippen LogP contribution is 2.40. The summed E-state index contributed by atoms with van der Waals surface area (Å²) >= 11 is 0. The highest BCUT2D eigenvalue weighted by molar-refractivity contribution is 6.16. The van der Waals surface area contributed by atoms with Crippen molar-refractivity contribution in [2.24, 2.45) is 7.05 Å². The van der Waals surface area contributed by atoms with Gasteiger partial charge >= 0.3 is 0 Å². The van der Waals surface area contributed by atoms with Gasteiger partial charge in [0.1, 0.15) is 11.2 Å². The summed E-state index contributed by atoms with van der Waals surface area (Å²) in [7, 11) is 2.15. The number of benzene rings is 4. The second-order valence-electron chi connectivity index (χ2n) is 7.06. The summed E-state index contributed by atoms with van der Waals surface area (Å²) in [5.41, 5.74) is 6.72. The van der Waals surface area contributed by atoms with E-state index in [0.29, 0.717) is 0 Å². The second kappa shape index (κ2) is 5.24. The third-order valence-corrected chi connectivity index (χ3v) is 5.62. The Morgan fingerprint density at radius 1 is 0.593 bits per heavy atom. The minimum Gasteiger partial charge on any atom is -0.455 e. The van der Waals surface area contributed by atoms with Crippen LogP contribution in [0, 0.1) is 0 Å². The minimum absolute atomic E-state index is 0.934. The summed E-state index contributed by atoms with van der Waals surface area (Å²) in [6.07, 6.45) is 0. The molecule has 6 rings (SSSR count). The molecule has 2 aromatic heterocycles. The van der Waals surface area contributed by atoms with Crippen molar-refractivity contribution in [1.82, 2.24) is 4.57 Å². The monoisotopic (exact) mass is 347 g/mol. The van der Waals surface area contributed by atoms with Gasteiger partial charge in [0.15, 0.2) is 0 Å². The Hall–Kier alpha value is -3.52. The van der Waals surface area contributed by atoms with E-state index in [4.69, 9.17) is 4.42 Å². The van der Waals surface area contributed by atoms with Crippen LogP contribution in [-0.4, -0.2) is 4.57 Å². The fourth-order valence-corrected chi connectivity index (χ4v) is 4.41. The van der Waals surface area contributed by atoms with E-state index in [2.05, 4.69) is 84.4 Å². The highest BCUT2D eigenvalue weighted by atomic mass is 16.3. The van der Waals surface area contributed by atoms with E-state index in [1.165, 1.54) is 38.1 Å². The summed E-state index contributed by atoms with van der Waals surface area (Å²) in [6, 6.07) is 29.8. The first-order chi connectivity index (χ1) is 13.3. The molecule has 128 valence electrons. The molecule has 0 fully saturated rings. The van der Waals surface area contributed by atoms with Gasteiger partial charge in [-0.1, -0.05) is 72.8 Å². The maximum absolute atomic E-state index is 6.29. The first-order valence-corrected chi connectivity index (χ1v) is 9.20. The van der Waals surface area contributed by atoms with Crippen molar-refractivity contribution in [3.8, 4) is 11.1 Å². The predicted molar refractivity (Wildman–Crippen MR) is 113 cm³/mol. The van der Waals surface area contributed by atoms with Crippen LogP contribution >= 0.6 is 0 Å². The summed E-state index contributed by atoms with van der Waals surface area (Å²) < 4.78 is 8.58. The van der Waals surface area contributed by atoms with Crippen molar-refractivity contribution in [2.45, 2.75) is 0 Å². The molecule has 2 heteroatoms. The van der Waals surface area contributed by atoms with E-state index < -0.39 is 0 Å². The van der Waals surface area contributed by atoms with Gasteiger partial charge < -0.3 is 8.98 Å². The Bertz CT molecular complexity index is 1480. The number of nitrogens with zero attached hydrogens (tertiary/aromatic N) is 1. The molecule has 0 atom stereocenters. The van der Waals surface area contributed by atoms with E-state index in [1.807, 2.05) is 12.1 Å². The normalized spacial score (nSPS) is 11.9. The van der Waals surface area contributed by atoms with Gasteiger partial charge in [-0.3, -0.25) is 0 Å². The molecule has 0 aliphatic rings. The summed E-state index contributed by atoms with van der Waals surface area (Å²) in [6.45, 7) is 0. The maximum atomic E-state index is 6.29. The van der Waals surface area contributed by atoms with Crippen LogP contribution in [0.5, 0.6) is 0 Å². The molecule has 0 saturated heterocycles. The van der Waals surface area contributed by atoms with Crippen molar-refractivity contribution < 1.29 is 4.42 Å². The van der Waals surface area contributed by atoms with Crippen LogP contribution in [0.3, 0.4) is 0 Å². The third-order valence-electron chi connectivity index (χ3n) is 5.62. The number of aryl methyl sites for hydroxylation is 1. The molecular weight excluding hydrogens is 330 g/mol. The molecule has 0 radical (unpaired) electrons. The SMILES string of the molecule is Cn1c2ccccc2c2cccc(-c3cccc4c3oc3ccccc34)c21. The first-order valence-electron chi connectivity index (χ1n) is 9.20. The Morgan fingerprint density at radius 2 is 1.26 bits per heavy atom. The Kier molecular flexibility index (Phi) is 2.84. The van der Waals surface area contributed by atoms with Crippen LogP contribution in [0.4, 0.5) is 0 Å². The summed E-state index contributed by atoms with van der Waals surface area (Å²) in [4.78, 5) is 0. The molecule has 0 aliphatic heterocycles. The van der Waals surface area contributed by atoms with Gasteiger partial charge in [-0.25, -0.2) is 0 Å². The van der Waals surface area contributed by atoms with Crippen molar-refractivity contribution in [3.05, 3.63) is 84.9 Å². The van der Waals surface area contributed by atoms with Crippen LogP contribution in [0.15, 0.2) is 89.3 Å². The molecule has 0 bridgehead atoms.